The van der Waals surface area contributed by atoms with Gasteiger partial charge in [0, 0.05) is 10.7 Å². The summed E-state index contributed by atoms with van der Waals surface area (Å²) in [7, 11) is 1.32. The van der Waals surface area contributed by atoms with Gasteiger partial charge in [0.15, 0.2) is 0 Å². The molecular weight excluding hydrogens is 229 g/mol. The van der Waals surface area contributed by atoms with Crippen molar-refractivity contribution in [1.29, 1.82) is 5.26 Å². The SMILES string of the molecule is N#Cc1cc(CS(=O)(=O)Cl)ccc1F. The van der Waals surface area contributed by atoms with Gasteiger partial charge < -0.3 is 0 Å². The maximum Gasteiger partial charge on any atom is 0.236 e. The highest BCUT2D eigenvalue weighted by Crippen LogP contribution is 2.13. The monoisotopic (exact) mass is 233 g/mol. The lowest BCUT2D eigenvalue weighted by atomic mass is 10.1. The van der Waals surface area contributed by atoms with E-state index in [-0.39, 0.29) is 11.1 Å². The highest BCUT2D eigenvalue weighted by Gasteiger charge is 2.09. The second-order valence-corrected chi connectivity index (χ2v) is 5.39. The van der Waals surface area contributed by atoms with Gasteiger partial charge in [-0.1, -0.05) is 6.07 Å². The van der Waals surface area contributed by atoms with Crippen LogP contribution in [-0.2, 0) is 14.8 Å². The maximum atomic E-state index is 12.8. The molecule has 0 saturated carbocycles. The zero-order chi connectivity index (χ0) is 10.8. The molecule has 0 atom stereocenters. The molecule has 0 radical (unpaired) electrons. The third-order valence-corrected chi connectivity index (χ3v) is 2.50. The fourth-order valence-corrected chi connectivity index (χ4v) is 1.90. The van der Waals surface area contributed by atoms with Gasteiger partial charge in [-0.05, 0) is 17.7 Å². The van der Waals surface area contributed by atoms with Crippen molar-refractivity contribution in [1.82, 2.24) is 0 Å². The van der Waals surface area contributed by atoms with Gasteiger partial charge in [-0.2, -0.15) is 5.26 Å². The van der Waals surface area contributed by atoms with Crippen LogP contribution in [0.1, 0.15) is 11.1 Å². The molecule has 1 aromatic rings. The van der Waals surface area contributed by atoms with Gasteiger partial charge in [0.25, 0.3) is 0 Å². The summed E-state index contributed by atoms with van der Waals surface area (Å²) in [6.07, 6.45) is 0. The summed E-state index contributed by atoms with van der Waals surface area (Å²) in [6, 6.07) is 5.08. The largest absolute Gasteiger partial charge is 0.236 e. The zero-order valence-corrected chi connectivity index (χ0v) is 8.44. The first kappa shape index (κ1) is 11.0. The fraction of sp³-hybridized carbons (Fsp3) is 0.125. The van der Waals surface area contributed by atoms with Crippen molar-refractivity contribution in [3.8, 4) is 6.07 Å². The Morgan fingerprint density at radius 2 is 2.14 bits per heavy atom. The Morgan fingerprint density at radius 1 is 1.50 bits per heavy atom. The van der Waals surface area contributed by atoms with E-state index in [0.29, 0.717) is 0 Å². The van der Waals surface area contributed by atoms with Crippen LogP contribution < -0.4 is 0 Å². The Kier molecular flexibility index (Phi) is 3.09. The minimum atomic E-state index is -3.67. The van der Waals surface area contributed by atoms with Crippen LogP contribution in [-0.4, -0.2) is 8.42 Å². The first-order valence-electron chi connectivity index (χ1n) is 3.53. The minimum absolute atomic E-state index is 0.192. The lowest BCUT2D eigenvalue weighted by molar-refractivity contribution is 0.608. The van der Waals surface area contributed by atoms with Gasteiger partial charge in [-0.3, -0.25) is 0 Å². The molecule has 0 aliphatic heterocycles. The zero-order valence-electron chi connectivity index (χ0n) is 6.87. The third kappa shape index (κ3) is 2.98. The maximum absolute atomic E-state index is 12.8. The molecule has 0 saturated heterocycles. The molecule has 0 spiro atoms. The number of benzene rings is 1. The van der Waals surface area contributed by atoms with Gasteiger partial charge in [0.05, 0.1) is 11.3 Å². The summed E-state index contributed by atoms with van der Waals surface area (Å²) in [5, 5.41) is 8.47. The Bertz CT molecular complexity index is 493. The summed E-state index contributed by atoms with van der Waals surface area (Å²) < 4.78 is 34.1. The van der Waals surface area contributed by atoms with Gasteiger partial charge in [0.2, 0.25) is 9.05 Å². The predicted molar refractivity (Wildman–Crippen MR) is 49.6 cm³/mol. The number of nitrogens with zero attached hydrogens (tertiary/aromatic N) is 1. The quantitative estimate of drug-likeness (QED) is 0.732. The van der Waals surface area contributed by atoms with Crippen molar-refractivity contribution < 1.29 is 12.8 Å². The number of halogens is 2. The molecule has 1 rings (SSSR count). The summed E-state index contributed by atoms with van der Waals surface area (Å²) >= 11 is 0. The smallest absolute Gasteiger partial charge is 0.212 e. The van der Waals surface area contributed by atoms with Crippen LogP contribution in [0.4, 0.5) is 4.39 Å². The second-order valence-electron chi connectivity index (χ2n) is 2.61. The summed E-state index contributed by atoms with van der Waals surface area (Å²) in [5.41, 5.74) is 0.0979. The Morgan fingerprint density at radius 3 is 2.64 bits per heavy atom. The summed E-state index contributed by atoms with van der Waals surface area (Å²) in [5.74, 6) is -1.09. The lowest BCUT2D eigenvalue weighted by Gasteiger charge is -1.98. The molecule has 0 aliphatic rings. The number of hydrogen-bond donors (Lipinski definition) is 0. The first-order valence-corrected chi connectivity index (χ1v) is 6.01. The molecule has 1 aromatic carbocycles. The van der Waals surface area contributed by atoms with Gasteiger partial charge in [-0.25, -0.2) is 12.8 Å². The van der Waals surface area contributed by atoms with Gasteiger partial charge >= 0.3 is 0 Å². The molecule has 3 nitrogen and oxygen atoms in total. The lowest BCUT2D eigenvalue weighted by Crippen LogP contribution is -1.96. The van der Waals surface area contributed by atoms with Gasteiger partial charge in [0.1, 0.15) is 11.9 Å². The molecule has 0 aliphatic carbocycles. The van der Waals surface area contributed by atoms with E-state index in [1.807, 2.05) is 0 Å². The molecule has 0 fully saturated rings. The molecule has 0 bridgehead atoms. The van der Waals surface area contributed by atoms with E-state index in [2.05, 4.69) is 0 Å². The summed E-state index contributed by atoms with van der Waals surface area (Å²) in [6.45, 7) is 0. The number of nitriles is 1. The summed E-state index contributed by atoms with van der Waals surface area (Å²) in [4.78, 5) is 0. The van der Waals surface area contributed by atoms with Crippen LogP contribution in [0, 0.1) is 17.1 Å². The Labute approximate surface area is 85.2 Å². The Balaban J connectivity index is 3.09. The Hall–Kier alpha value is -1.12. The number of rotatable bonds is 2. The molecule has 0 amide bonds. The van der Waals surface area contributed by atoms with E-state index in [1.165, 1.54) is 6.07 Å². The van der Waals surface area contributed by atoms with Crippen LogP contribution in [0.15, 0.2) is 18.2 Å². The normalized spacial score (nSPS) is 10.9. The van der Waals surface area contributed by atoms with Crippen molar-refractivity contribution in [2.45, 2.75) is 5.75 Å². The van der Waals surface area contributed by atoms with Crippen molar-refractivity contribution in [3.05, 3.63) is 35.1 Å². The van der Waals surface area contributed by atoms with E-state index in [1.54, 1.807) is 6.07 Å². The van der Waals surface area contributed by atoms with E-state index in [9.17, 15) is 12.8 Å². The molecular formula is C8H5ClFNO2S. The molecule has 14 heavy (non-hydrogen) atoms. The predicted octanol–water partition coefficient (Wildman–Crippen LogP) is 1.77. The number of hydrogen-bond acceptors (Lipinski definition) is 3. The van der Waals surface area contributed by atoms with Crippen molar-refractivity contribution >= 4 is 19.7 Å². The molecule has 0 unspecified atom stereocenters. The van der Waals surface area contributed by atoms with E-state index < -0.39 is 20.6 Å². The fourth-order valence-electron chi connectivity index (χ4n) is 0.947. The van der Waals surface area contributed by atoms with Gasteiger partial charge in [-0.15, -0.1) is 0 Å². The molecule has 0 aromatic heterocycles. The highest BCUT2D eigenvalue weighted by molar-refractivity contribution is 8.13. The average Bonchev–Trinajstić information content (AvgIpc) is 2.06. The van der Waals surface area contributed by atoms with Crippen LogP contribution in [0.3, 0.4) is 0 Å². The second kappa shape index (κ2) is 3.95. The van der Waals surface area contributed by atoms with E-state index in [4.69, 9.17) is 15.9 Å². The van der Waals surface area contributed by atoms with Crippen molar-refractivity contribution in [2.75, 3.05) is 0 Å². The van der Waals surface area contributed by atoms with Crippen LogP contribution in [0.5, 0.6) is 0 Å². The standard InChI is InChI=1S/C8H5ClFNO2S/c9-14(12,13)5-6-1-2-8(10)7(3-6)4-11/h1-3H,5H2. The van der Waals surface area contributed by atoms with Crippen LogP contribution in [0.25, 0.3) is 0 Å². The van der Waals surface area contributed by atoms with Crippen molar-refractivity contribution in [3.63, 3.8) is 0 Å². The molecule has 0 N–H and O–H groups in total. The molecule has 6 heteroatoms. The third-order valence-electron chi connectivity index (χ3n) is 1.49. The highest BCUT2D eigenvalue weighted by atomic mass is 35.7. The molecule has 0 heterocycles. The van der Waals surface area contributed by atoms with Crippen molar-refractivity contribution in [2.24, 2.45) is 0 Å². The van der Waals surface area contributed by atoms with E-state index >= 15 is 0 Å². The average molecular weight is 234 g/mol. The van der Waals surface area contributed by atoms with Crippen LogP contribution >= 0.6 is 10.7 Å². The van der Waals surface area contributed by atoms with Crippen LogP contribution in [0.2, 0.25) is 0 Å². The first-order chi connectivity index (χ1) is 6.42. The molecule has 74 valence electrons. The van der Waals surface area contributed by atoms with E-state index in [0.717, 1.165) is 12.1 Å². The topological polar surface area (TPSA) is 57.9 Å². The minimum Gasteiger partial charge on any atom is -0.212 e.